The molecule has 4 heteroatoms. The van der Waals surface area contributed by atoms with Crippen LogP contribution in [0, 0.1) is 0 Å². The first-order chi connectivity index (χ1) is 8.66. The third-order valence-corrected chi connectivity index (χ3v) is 2.87. The minimum atomic E-state index is 0.489. The maximum Gasteiger partial charge on any atom is 0.123 e. The molecule has 18 heavy (non-hydrogen) atoms. The number of rotatable bonds is 3. The number of ether oxygens (including phenoxy) is 1. The van der Waals surface area contributed by atoms with Crippen LogP contribution < -0.4 is 5.73 Å². The van der Waals surface area contributed by atoms with Crippen LogP contribution in [0.5, 0.6) is 0 Å². The Bertz CT molecular complexity index is 360. The largest absolute Gasteiger partial charge is 0.384 e. The molecule has 0 saturated carbocycles. The van der Waals surface area contributed by atoms with Gasteiger partial charge >= 0.3 is 0 Å². The van der Waals surface area contributed by atoms with Crippen molar-refractivity contribution in [2.75, 3.05) is 33.0 Å². The van der Waals surface area contributed by atoms with Gasteiger partial charge in [0, 0.05) is 19.1 Å². The predicted molar refractivity (Wildman–Crippen MR) is 75.6 cm³/mol. The Morgan fingerprint density at radius 2 is 2.11 bits per heavy atom. The van der Waals surface area contributed by atoms with Crippen molar-refractivity contribution in [2.45, 2.75) is 32.7 Å². The summed E-state index contributed by atoms with van der Waals surface area (Å²) in [7, 11) is 4.08. The molecule has 1 atom stereocenters. The van der Waals surface area contributed by atoms with Gasteiger partial charge in [0.2, 0.25) is 0 Å². The molecule has 0 amide bonds. The first kappa shape index (κ1) is 14.9. The van der Waals surface area contributed by atoms with Gasteiger partial charge in [-0.25, -0.2) is 4.98 Å². The minimum Gasteiger partial charge on any atom is -0.384 e. The lowest BCUT2D eigenvalue weighted by Gasteiger charge is -2.17. The molecule has 2 N–H and O–H groups in total. The molecule has 1 aromatic heterocycles. The van der Waals surface area contributed by atoms with Crippen LogP contribution in [0.1, 0.15) is 37.4 Å². The molecule has 1 fully saturated rings. The van der Waals surface area contributed by atoms with Gasteiger partial charge in [-0.3, -0.25) is 0 Å². The Morgan fingerprint density at radius 3 is 2.67 bits per heavy atom. The van der Waals surface area contributed by atoms with Crippen molar-refractivity contribution in [2.24, 2.45) is 0 Å². The second-order valence-electron chi connectivity index (χ2n) is 4.57. The van der Waals surface area contributed by atoms with Crippen LogP contribution in [0.4, 0.5) is 5.82 Å². The molecule has 1 saturated heterocycles. The Labute approximate surface area is 110 Å². The second kappa shape index (κ2) is 7.34. The first-order valence-corrected chi connectivity index (χ1v) is 6.64. The van der Waals surface area contributed by atoms with Gasteiger partial charge in [-0.1, -0.05) is 19.9 Å². The molecular weight excluding hydrogens is 226 g/mol. The van der Waals surface area contributed by atoms with Gasteiger partial charge in [0.25, 0.3) is 0 Å². The lowest BCUT2D eigenvalue weighted by molar-refractivity contribution is 0.193. The molecule has 1 aliphatic rings. The van der Waals surface area contributed by atoms with Crippen LogP contribution in [0.25, 0.3) is 0 Å². The maximum atomic E-state index is 5.74. The van der Waals surface area contributed by atoms with E-state index in [0.717, 1.165) is 31.9 Å². The summed E-state index contributed by atoms with van der Waals surface area (Å²) in [6, 6.07) is 3.98. The molecule has 1 aliphatic heterocycles. The minimum absolute atomic E-state index is 0.489. The van der Waals surface area contributed by atoms with Gasteiger partial charge in [0.1, 0.15) is 5.82 Å². The average molecular weight is 251 g/mol. The van der Waals surface area contributed by atoms with Crippen molar-refractivity contribution in [1.29, 1.82) is 0 Å². The molecule has 1 unspecified atom stereocenters. The van der Waals surface area contributed by atoms with E-state index in [1.165, 1.54) is 5.56 Å². The van der Waals surface area contributed by atoms with Crippen LogP contribution in [0.3, 0.4) is 0 Å². The molecular formula is C14H25N3O. The summed E-state index contributed by atoms with van der Waals surface area (Å²) in [5.41, 5.74) is 8.12. The van der Waals surface area contributed by atoms with E-state index >= 15 is 0 Å². The summed E-state index contributed by atoms with van der Waals surface area (Å²) < 4.78 is 5.43. The van der Waals surface area contributed by atoms with Crippen molar-refractivity contribution in [3.63, 3.8) is 0 Å². The fraction of sp³-hybridized carbons (Fsp3) is 0.643. The highest BCUT2D eigenvalue weighted by Crippen LogP contribution is 2.28. The lowest BCUT2D eigenvalue weighted by Crippen LogP contribution is -2.16. The Kier molecular flexibility index (Phi) is 6.09. The molecule has 0 radical (unpaired) electrons. The molecule has 4 nitrogen and oxygen atoms in total. The quantitative estimate of drug-likeness (QED) is 0.895. The number of hydrogen-bond donors (Lipinski definition) is 1. The van der Waals surface area contributed by atoms with Crippen molar-refractivity contribution in [3.8, 4) is 0 Å². The lowest BCUT2D eigenvalue weighted by atomic mass is 9.96. The van der Waals surface area contributed by atoms with Crippen LogP contribution in [-0.2, 0) is 11.3 Å². The zero-order chi connectivity index (χ0) is 13.5. The predicted octanol–water partition coefficient (Wildman–Crippen LogP) is 2.26. The highest BCUT2D eigenvalue weighted by atomic mass is 16.5. The summed E-state index contributed by atoms with van der Waals surface area (Å²) in [6.45, 7) is 6.50. The second-order valence-corrected chi connectivity index (χ2v) is 4.57. The van der Waals surface area contributed by atoms with E-state index in [0.29, 0.717) is 11.7 Å². The fourth-order valence-electron chi connectivity index (χ4n) is 2.11. The monoisotopic (exact) mass is 251 g/mol. The molecule has 0 spiro atoms. The number of hydrogen-bond acceptors (Lipinski definition) is 4. The number of aromatic nitrogens is 1. The summed E-state index contributed by atoms with van der Waals surface area (Å²) in [5.74, 6) is 1.09. The molecule has 1 aromatic rings. The van der Waals surface area contributed by atoms with E-state index in [-0.39, 0.29) is 0 Å². The van der Waals surface area contributed by atoms with Gasteiger partial charge in [-0.05, 0) is 32.1 Å². The third-order valence-electron chi connectivity index (χ3n) is 2.87. The molecule has 0 bridgehead atoms. The highest BCUT2D eigenvalue weighted by Gasteiger charge is 2.21. The summed E-state index contributed by atoms with van der Waals surface area (Å²) in [6.07, 6.45) is 1.09. The highest BCUT2D eigenvalue weighted by molar-refractivity contribution is 5.36. The van der Waals surface area contributed by atoms with Crippen molar-refractivity contribution >= 4 is 5.82 Å². The molecule has 2 rings (SSSR count). The van der Waals surface area contributed by atoms with Crippen molar-refractivity contribution in [3.05, 3.63) is 23.4 Å². The summed E-state index contributed by atoms with van der Waals surface area (Å²) in [5, 5.41) is 0. The zero-order valence-corrected chi connectivity index (χ0v) is 11.9. The van der Waals surface area contributed by atoms with Crippen LogP contribution in [0.15, 0.2) is 12.1 Å². The van der Waals surface area contributed by atoms with E-state index < -0.39 is 0 Å². The van der Waals surface area contributed by atoms with Gasteiger partial charge in [0.15, 0.2) is 0 Å². The Hall–Kier alpha value is -1.13. The van der Waals surface area contributed by atoms with Gasteiger partial charge < -0.3 is 15.4 Å². The van der Waals surface area contributed by atoms with E-state index in [4.69, 9.17) is 10.5 Å². The molecule has 2 heterocycles. The molecule has 102 valence electrons. The molecule has 0 aliphatic carbocycles. The van der Waals surface area contributed by atoms with Crippen LogP contribution >= 0.6 is 0 Å². The van der Waals surface area contributed by atoms with Crippen molar-refractivity contribution in [1.82, 2.24) is 9.88 Å². The Morgan fingerprint density at radius 1 is 1.39 bits per heavy atom. The smallest absolute Gasteiger partial charge is 0.123 e. The number of nitrogens with zero attached hydrogens (tertiary/aromatic N) is 2. The number of anilines is 1. The van der Waals surface area contributed by atoms with E-state index in [1.54, 1.807) is 0 Å². The topological polar surface area (TPSA) is 51.4 Å². The van der Waals surface area contributed by atoms with Crippen LogP contribution in [0.2, 0.25) is 0 Å². The summed E-state index contributed by atoms with van der Waals surface area (Å²) >= 11 is 0. The fourth-order valence-corrected chi connectivity index (χ4v) is 2.11. The van der Waals surface area contributed by atoms with E-state index in [1.807, 2.05) is 34.0 Å². The maximum absolute atomic E-state index is 5.74. The van der Waals surface area contributed by atoms with Gasteiger partial charge in [0.05, 0.1) is 12.3 Å². The van der Waals surface area contributed by atoms with Crippen LogP contribution in [-0.4, -0.2) is 37.2 Å². The summed E-state index contributed by atoms with van der Waals surface area (Å²) in [4.78, 5) is 6.55. The Balaban J connectivity index is 0.000000771. The zero-order valence-electron chi connectivity index (χ0n) is 11.9. The van der Waals surface area contributed by atoms with Crippen molar-refractivity contribution < 1.29 is 4.74 Å². The first-order valence-electron chi connectivity index (χ1n) is 6.64. The number of pyridine rings is 1. The van der Waals surface area contributed by atoms with Gasteiger partial charge in [-0.15, -0.1) is 0 Å². The van der Waals surface area contributed by atoms with Gasteiger partial charge in [-0.2, -0.15) is 0 Å². The normalized spacial score (nSPS) is 18.6. The van der Waals surface area contributed by atoms with E-state index in [2.05, 4.69) is 16.0 Å². The molecule has 0 aromatic carbocycles. The average Bonchev–Trinajstić information content (AvgIpc) is 2.84. The number of nitrogen functional groups attached to an aromatic ring is 1. The SMILES string of the molecule is CC.CN(C)Cc1nc(N)ccc1C1CCOC1. The number of nitrogens with two attached hydrogens (primary N) is 1. The van der Waals surface area contributed by atoms with E-state index in [9.17, 15) is 0 Å². The standard InChI is InChI=1S/C12H19N3O.C2H6/c1-15(2)7-11-10(3-4-12(13)14-11)9-5-6-16-8-9;1-2/h3-4,9H,5-8H2,1-2H3,(H2,13,14);1-2H3. The third kappa shape index (κ3) is 3.96.